The van der Waals surface area contributed by atoms with Gasteiger partial charge in [0.25, 0.3) is 0 Å². The number of esters is 1. The minimum Gasteiger partial charge on any atom is -0.462 e. The van der Waals surface area contributed by atoms with Gasteiger partial charge in [-0.05, 0) is 51.3 Å². The van der Waals surface area contributed by atoms with E-state index in [0.29, 0.717) is 11.4 Å². The lowest BCUT2D eigenvalue weighted by Crippen LogP contribution is -2.35. The van der Waals surface area contributed by atoms with Crippen LogP contribution >= 0.6 is 0 Å². The summed E-state index contributed by atoms with van der Waals surface area (Å²) >= 11 is 0. The normalized spacial score (nSPS) is 13.3. The Morgan fingerprint density at radius 2 is 1.92 bits per heavy atom. The summed E-state index contributed by atoms with van der Waals surface area (Å²) in [6, 6.07) is 4.79. The van der Waals surface area contributed by atoms with E-state index >= 15 is 0 Å². The number of urea groups is 1. The molecule has 1 saturated carbocycles. The van der Waals surface area contributed by atoms with Gasteiger partial charge in [-0.25, -0.2) is 4.79 Å². The maximum Gasteiger partial charge on any atom is 0.325 e. The molecule has 3 N–H and O–H groups in total. The molecule has 24 heavy (non-hydrogen) atoms. The summed E-state index contributed by atoms with van der Waals surface area (Å²) in [5.41, 5.74) is 2.05. The highest BCUT2D eigenvalue weighted by Crippen LogP contribution is 2.30. The number of aryl methyl sites for hydroxylation is 1. The average Bonchev–Trinajstić information content (AvgIpc) is 3.32. The van der Waals surface area contributed by atoms with Crippen LogP contribution in [0.4, 0.5) is 16.2 Å². The van der Waals surface area contributed by atoms with Crippen molar-refractivity contribution in [1.29, 1.82) is 0 Å². The van der Waals surface area contributed by atoms with Crippen molar-refractivity contribution in [2.24, 2.45) is 5.92 Å². The zero-order valence-corrected chi connectivity index (χ0v) is 14.1. The molecule has 1 aliphatic rings. The number of rotatable bonds is 6. The molecule has 0 unspecified atom stereocenters. The van der Waals surface area contributed by atoms with Crippen molar-refractivity contribution in [1.82, 2.24) is 5.32 Å². The maximum absolute atomic E-state index is 11.9. The molecule has 0 aromatic heterocycles. The van der Waals surface area contributed by atoms with Crippen LogP contribution in [0.3, 0.4) is 0 Å². The maximum atomic E-state index is 11.9. The number of amides is 3. The molecule has 7 nitrogen and oxygen atoms in total. The number of carbonyl (C=O) groups excluding carboxylic acids is 3. The van der Waals surface area contributed by atoms with Crippen molar-refractivity contribution in [3.8, 4) is 0 Å². The van der Waals surface area contributed by atoms with Gasteiger partial charge in [-0.1, -0.05) is 6.07 Å². The van der Waals surface area contributed by atoms with Crippen LogP contribution in [0.25, 0.3) is 0 Å². The molecule has 0 bridgehead atoms. The Hall–Kier alpha value is -2.57. The predicted molar refractivity (Wildman–Crippen MR) is 90.8 cm³/mol. The van der Waals surface area contributed by atoms with E-state index in [4.69, 9.17) is 4.74 Å². The Bertz CT molecular complexity index is 639. The molecule has 7 heteroatoms. The van der Waals surface area contributed by atoms with E-state index in [1.807, 2.05) is 13.0 Å². The van der Waals surface area contributed by atoms with Crippen molar-refractivity contribution in [2.75, 3.05) is 17.2 Å². The number of ether oxygens (including phenoxy) is 1. The minimum absolute atomic E-state index is 0.00526. The molecule has 2 rings (SSSR count). The van der Waals surface area contributed by atoms with Crippen molar-refractivity contribution in [2.45, 2.75) is 39.7 Å². The lowest BCUT2D eigenvalue weighted by Gasteiger charge is -2.13. The van der Waals surface area contributed by atoms with Gasteiger partial charge in [0.2, 0.25) is 5.91 Å². The summed E-state index contributed by atoms with van der Waals surface area (Å²) in [5, 5.41) is 7.94. The molecule has 0 radical (unpaired) electrons. The molecule has 130 valence electrons. The van der Waals surface area contributed by atoms with Crippen molar-refractivity contribution in [3.05, 3.63) is 23.8 Å². The Kier molecular flexibility index (Phi) is 5.78. The van der Waals surface area contributed by atoms with Crippen LogP contribution in [-0.2, 0) is 14.3 Å². The van der Waals surface area contributed by atoms with Gasteiger partial charge in [-0.15, -0.1) is 0 Å². The standard InChI is InChI=1S/C17H23N3O4/c1-10(2)24-15(21)9-18-17(23)20-14-8-13(7-4-11(14)3)19-16(22)12-5-6-12/h4,7-8,10,12H,5-6,9H2,1-3H3,(H,19,22)(H2,18,20,23). The first-order valence-corrected chi connectivity index (χ1v) is 8.01. The van der Waals surface area contributed by atoms with Crippen molar-refractivity contribution < 1.29 is 19.1 Å². The SMILES string of the molecule is Cc1ccc(NC(=O)C2CC2)cc1NC(=O)NCC(=O)OC(C)C. The van der Waals surface area contributed by atoms with E-state index in [0.717, 1.165) is 18.4 Å². The summed E-state index contributed by atoms with van der Waals surface area (Å²) < 4.78 is 4.94. The number of hydrogen-bond donors (Lipinski definition) is 3. The molecule has 1 aromatic rings. The van der Waals surface area contributed by atoms with Gasteiger partial charge in [0, 0.05) is 17.3 Å². The quantitative estimate of drug-likeness (QED) is 0.697. The summed E-state index contributed by atoms with van der Waals surface area (Å²) in [7, 11) is 0. The summed E-state index contributed by atoms with van der Waals surface area (Å²) in [6.45, 7) is 5.11. The van der Waals surface area contributed by atoms with Crippen LogP contribution in [0, 0.1) is 12.8 Å². The molecule has 0 heterocycles. The fourth-order valence-electron chi connectivity index (χ4n) is 2.05. The minimum atomic E-state index is -0.510. The highest BCUT2D eigenvalue weighted by molar-refractivity contribution is 5.96. The Morgan fingerprint density at radius 1 is 1.21 bits per heavy atom. The molecule has 1 aromatic carbocycles. The van der Waals surface area contributed by atoms with E-state index in [-0.39, 0.29) is 24.5 Å². The molecule has 3 amide bonds. The molecule has 0 aliphatic heterocycles. The first-order valence-electron chi connectivity index (χ1n) is 8.01. The predicted octanol–water partition coefficient (Wildman–Crippen LogP) is 2.42. The van der Waals surface area contributed by atoms with Crippen molar-refractivity contribution in [3.63, 3.8) is 0 Å². The molecular weight excluding hydrogens is 310 g/mol. The largest absolute Gasteiger partial charge is 0.462 e. The van der Waals surface area contributed by atoms with Crippen LogP contribution in [0.2, 0.25) is 0 Å². The second-order valence-corrected chi connectivity index (χ2v) is 6.14. The average molecular weight is 333 g/mol. The number of benzene rings is 1. The number of anilines is 2. The summed E-state index contributed by atoms with van der Waals surface area (Å²) in [6.07, 6.45) is 1.63. The van der Waals surface area contributed by atoms with E-state index in [1.165, 1.54) is 0 Å². The zero-order valence-electron chi connectivity index (χ0n) is 14.1. The van der Waals surface area contributed by atoms with Crippen LogP contribution in [0.5, 0.6) is 0 Å². The molecule has 1 aliphatic carbocycles. The van der Waals surface area contributed by atoms with E-state index in [9.17, 15) is 14.4 Å². The van der Waals surface area contributed by atoms with Gasteiger partial charge in [-0.3, -0.25) is 9.59 Å². The second-order valence-electron chi connectivity index (χ2n) is 6.14. The lowest BCUT2D eigenvalue weighted by atomic mass is 10.1. The third-order valence-corrected chi connectivity index (χ3v) is 3.46. The highest BCUT2D eigenvalue weighted by atomic mass is 16.5. The Balaban J connectivity index is 1.89. The molecule has 0 atom stereocenters. The molecular formula is C17H23N3O4. The first kappa shape index (κ1) is 17.8. The Morgan fingerprint density at radius 3 is 2.54 bits per heavy atom. The van der Waals surface area contributed by atoms with Gasteiger partial charge in [0.1, 0.15) is 6.54 Å². The van der Waals surface area contributed by atoms with Crippen LogP contribution < -0.4 is 16.0 Å². The van der Waals surface area contributed by atoms with Gasteiger partial charge < -0.3 is 20.7 Å². The van der Waals surface area contributed by atoms with Crippen LogP contribution in [-0.4, -0.2) is 30.6 Å². The van der Waals surface area contributed by atoms with Gasteiger partial charge in [-0.2, -0.15) is 0 Å². The summed E-state index contributed by atoms with van der Waals surface area (Å²) in [4.78, 5) is 35.1. The van der Waals surface area contributed by atoms with Crippen molar-refractivity contribution >= 4 is 29.3 Å². The van der Waals surface area contributed by atoms with E-state index in [2.05, 4.69) is 16.0 Å². The molecule has 1 fully saturated rings. The Labute approximate surface area is 141 Å². The van der Waals surface area contributed by atoms with Gasteiger partial charge in [0.05, 0.1) is 6.10 Å². The molecule has 0 spiro atoms. The number of carbonyl (C=O) groups is 3. The van der Waals surface area contributed by atoms with Crippen LogP contribution in [0.15, 0.2) is 18.2 Å². The molecule has 0 saturated heterocycles. The fourth-order valence-corrected chi connectivity index (χ4v) is 2.05. The topological polar surface area (TPSA) is 96.5 Å². The smallest absolute Gasteiger partial charge is 0.325 e. The second kappa shape index (κ2) is 7.81. The monoisotopic (exact) mass is 333 g/mol. The van der Waals surface area contributed by atoms with Crippen LogP contribution in [0.1, 0.15) is 32.3 Å². The van der Waals surface area contributed by atoms with E-state index < -0.39 is 12.0 Å². The third kappa shape index (κ3) is 5.57. The lowest BCUT2D eigenvalue weighted by molar-refractivity contribution is -0.146. The first-order chi connectivity index (χ1) is 11.3. The third-order valence-electron chi connectivity index (χ3n) is 3.46. The zero-order chi connectivity index (χ0) is 17.7. The number of hydrogen-bond acceptors (Lipinski definition) is 4. The van der Waals surface area contributed by atoms with Gasteiger partial charge >= 0.3 is 12.0 Å². The summed E-state index contributed by atoms with van der Waals surface area (Å²) in [5.74, 6) is -0.383. The fraction of sp³-hybridized carbons (Fsp3) is 0.471. The highest BCUT2D eigenvalue weighted by Gasteiger charge is 2.29. The van der Waals surface area contributed by atoms with Gasteiger partial charge in [0.15, 0.2) is 0 Å². The van der Waals surface area contributed by atoms with E-state index in [1.54, 1.807) is 26.0 Å². The number of nitrogens with one attached hydrogen (secondary N) is 3.